The molecule has 1 heterocycles. The van der Waals surface area contributed by atoms with Gasteiger partial charge >= 0.3 is 0 Å². The zero-order valence-electron chi connectivity index (χ0n) is 11.1. The average molecular weight is 375 g/mol. The van der Waals surface area contributed by atoms with E-state index in [1.165, 1.54) is 6.07 Å². The highest BCUT2D eigenvalue weighted by atomic mass is 127. The second kappa shape index (κ2) is 5.66. The van der Waals surface area contributed by atoms with Gasteiger partial charge in [0.05, 0.1) is 9.17 Å². The maximum atomic E-state index is 12.4. The van der Waals surface area contributed by atoms with E-state index in [9.17, 15) is 9.90 Å². The van der Waals surface area contributed by atoms with E-state index in [0.717, 1.165) is 23.0 Å². The number of piperidine rings is 1. The molecular weight excluding hydrogens is 357 g/mol. The number of hydrogen-bond acceptors (Lipinski definition) is 3. The van der Waals surface area contributed by atoms with Crippen molar-refractivity contribution in [1.29, 1.82) is 0 Å². The second-order valence-corrected chi connectivity index (χ2v) is 6.31. The van der Waals surface area contributed by atoms with Crippen molar-refractivity contribution < 1.29 is 14.6 Å². The molecule has 1 fully saturated rings. The number of aromatic hydroxyl groups is 1. The number of halogens is 1. The Kier molecular flexibility index (Phi) is 4.35. The van der Waals surface area contributed by atoms with Crippen LogP contribution in [0.3, 0.4) is 0 Å². The standard InChI is InChI=1S/C14H18INO3/c1-14(19-2)6-3-7-16(9-14)13(18)10-4-5-11(15)12(17)8-10/h4-5,8,17H,3,6-7,9H2,1-2H3. The van der Waals surface area contributed by atoms with Crippen LogP contribution < -0.4 is 0 Å². The van der Waals surface area contributed by atoms with Crippen molar-refractivity contribution >= 4 is 28.5 Å². The summed E-state index contributed by atoms with van der Waals surface area (Å²) in [4.78, 5) is 14.2. The zero-order chi connectivity index (χ0) is 14.0. The fourth-order valence-electron chi connectivity index (χ4n) is 2.37. The summed E-state index contributed by atoms with van der Waals surface area (Å²) in [7, 11) is 1.69. The van der Waals surface area contributed by atoms with Gasteiger partial charge in [0.15, 0.2) is 0 Å². The molecule has 1 unspecified atom stereocenters. The van der Waals surface area contributed by atoms with Gasteiger partial charge in [0.1, 0.15) is 5.75 Å². The fourth-order valence-corrected chi connectivity index (χ4v) is 2.71. The quantitative estimate of drug-likeness (QED) is 0.809. The zero-order valence-corrected chi connectivity index (χ0v) is 13.3. The minimum absolute atomic E-state index is 0.0466. The van der Waals surface area contributed by atoms with Crippen LogP contribution in [0.2, 0.25) is 0 Å². The van der Waals surface area contributed by atoms with E-state index in [1.54, 1.807) is 24.1 Å². The molecule has 1 aromatic rings. The van der Waals surface area contributed by atoms with Gasteiger partial charge in [-0.25, -0.2) is 0 Å². The SMILES string of the molecule is COC1(C)CCCN(C(=O)c2ccc(I)c(O)c2)C1. The van der Waals surface area contributed by atoms with Crippen LogP contribution in [0.1, 0.15) is 30.1 Å². The van der Waals surface area contributed by atoms with E-state index in [1.807, 2.05) is 29.5 Å². The molecule has 1 saturated heterocycles. The molecule has 5 heteroatoms. The molecule has 1 N–H and O–H groups in total. The largest absolute Gasteiger partial charge is 0.507 e. The van der Waals surface area contributed by atoms with E-state index in [-0.39, 0.29) is 17.3 Å². The number of benzene rings is 1. The van der Waals surface area contributed by atoms with Gasteiger partial charge in [-0.2, -0.15) is 0 Å². The van der Waals surface area contributed by atoms with Crippen molar-refractivity contribution in [3.8, 4) is 5.75 Å². The lowest BCUT2D eigenvalue weighted by molar-refractivity contribution is -0.0440. The van der Waals surface area contributed by atoms with Gasteiger partial charge < -0.3 is 14.7 Å². The molecule has 0 bridgehead atoms. The number of phenolic OH excluding ortho intramolecular Hbond substituents is 1. The third kappa shape index (κ3) is 3.20. The lowest BCUT2D eigenvalue weighted by atomic mass is 9.94. The van der Waals surface area contributed by atoms with Gasteiger partial charge in [0, 0.05) is 25.8 Å². The smallest absolute Gasteiger partial charge is 0.254 e. The molecule has 4 nitrogen and oxygen atoms in total. The van der Waals surface area contributed by atoms with E-state index in [2.05, 4.69) is 0 Å². The number of methoxy groups -OCH3 is 1. The number of carbonyl (C=O) groups is 1. The fraction of sp³-hybridized carbons (Fsp3) is 0.500. The van der Waals surface area contributed by atoms with Crippen molar-refractivity contribution in [2.24, 2.45) is 0 Å². The molecule has 1 aromatic carbocycles. The summed E-state index contributed by atoms with van der Waals surface area (Å²) >= 11 is 2.04. The molecule has 1 aliphatic heterocycles. The molecule has 0 saturated carbocycles. The van der Waals surface area contributed by atoms with Crippen molar-refractivity contribution in [2.45, 2.75) is 25.4 Å². The number of nitrogens with zero attached hydrogens (tertiary/aromatic N) is 1. The number of rotatable bonds is 2. The van der Waals surface area contributed by atoms with Crippen molar-refractivity contribution in [3.63, 3.8) is 0 Å². The van der Waals surface area contributed by atoms with Crippen LogP contribution in [0.4, 0.5) is 0 Å². The normalized spacial score (nSPS) is 23.4. The summed E-state index contributed by atoms with van der Waals surface area (Å²) < 4.78 is 6.24. The first kappa shape index (κ1) is 14.6. The molecule has 0 spiro atoms. The maximum absolute atomic E-state index is 12.4. The maximum Gasteiger partial charge on any atom is 0.254 e. The summed E-state index contributed by atoms with van der Waals surface area (Å²) in [6.07, 6.45) is 1.90. The number of amides is 1. The number of carbonyl (C=O) groups excluding carboxylic acids is 1. The molecule has 1 amide bonds. The molecular formula is C14H18INO3. The Morgan fingerprint density at radius 3 is 2.89 bits per heavy atom. The predicted molar refractivity (Wildman–Crippen MR) is 81.4 cm³/mol. The minimum Gasteiger partial charge on any atom is -0.507 e. The monoisotopic (exact) mass is 375 g/mol. The van der Waals surface area contributed by atoms with Crippen molar-refractivity contribution in [2.75, 3.05) is 20.2 Å². The van der Waals surface area contributed by atoms with Crippen LogP contribution in [0.5, 0.6) is 5.75 Å². The summed E-state index contributed by atoms with van der Waals surface area (Å²) in [6, 6.07) is 5.04. The molecule has 0 radical (unpaired) electrons. The number of likely N-dealkylation sites (tertiary alicyclic amines) is 1. The summed E-state index contributed by atoms with van der Waals surface area (Å²) in [5.74, 6) is 0.104. The molecule has 104 valence electrons. The third-order valence-electron chi connectivity index (χ3n) is 3.63. The molecule has 0 aliphatic carbocycles. The van der Waals surface area contributed by atoms with Crippen LogP contribution in [0, 0.1) is 3.57 Å². The van der Waals surface area contributed by atoms with Crippen LogP contribution in [-0.4, -0.2) is 41.7 Å². The highest BCUT2D eigenvalue weighted by Crippen LogP contribution is 2.26. The molecule has 0 aromatic heterocycles. The lowest BCUT2D eigenvalue weighted by Crippen LogP contribution is -2.49. The van der Waals surface area contributed by atoms with Gasteiger partial charge in [-0.3, -0.25) is 4.79 Å². The first-order valence-electron chi connectivity index (χ1n) is 6.28. The van der Waals surface area contributed by atoms with Crippen molar-refractivity contribution in [3.05, 3.63) is 27.3 Å². The minimum atomic E-state index is -0.265. The molecule has 2 rings (SSSR count). The predicted octanol–water partition coefficient (Wildman–Crippen LogP) is 2.64. The Morgan fingerprint density at radius 2 is 2.26 bits per heavy atom. The van der Waals surface area contributed by atoms with E-state index in [0.29, 0.717) is 12.1 Å². The second-order valence-electron chi connectivity index (χ2n) is 5.15. The Labute approximate surface area is 126 Å². The van der Waals surface area contributed by atoms with E-state index in [4.69, 9.17) is 4.74 Å². The third-order valence-corrected chi connectivity index (χ3v) is 4.54. The Bertz CT molecular complexity index is 492. The van der Waals surface area contributed by atoms with Crippen LogP contribution >= 0.6 is 22.6 Å². The summed E-state index contributed by atoms with van der Waals surface area (Å²) in [6.45, 7) is 3.36. The van der Waals surface area contributed by atoms with Crippen molar-refractivity contribution in [1.82, 2.24) is 4.90 Å². The topological polar surface area (TPSA) is 49.8 Å². The van der Waals surface area contributed by atoms with Gasteiger partial charge in [0.2, 0.25) is 0 Å². The highest BCUT2D eigenvalue weighted by Gasteiger charge is 2.33. The molecule has 19 heavy (non-hydrogen) atoms. The first-order chi connectivity index (χ1) is 8.95. The lowest BCUT2D eigenvalue weighted by Gasteiger charge is -2.39. The van der Waals surface area contributed by atoms with Gasteiger partial charge in [-0.1, -0.05) is 0 Å². The van der Waals surface area contributed by atoms with Crippen LogP contribution in [-0.2, 0) is 4.74 Å². The Balaban J connectivity index is 2.17. The number of phenols is 1. The average Bonchev–Trinajstić information content (AvgIpc) is 2.41. The summed E-state index contributed by atoms with van der Waals surface area (Å²) in [5.41, 5.74) is 0.261. The molecule has 1 aliphatic rings. The summed E-state index contributed by atoms with van der Waals surface area (Å²) in [5, 5.41) is 9.69. The van der Waals surface area contributed by atoms with Crippen LogP contribution in [0.25, 0.3) is 0 Å². The molecule has 1 atom stereocenters. The first-order valence-corrected chi connectivity index (χ1v) is 7.36. The number of hydrogen-bond donors (Lipinski definition) is 1. The number of ether oxygens (including phenoxy) is 1. The Morgan fingerprint density at radius 1 is 1.53 bits per heavy atom. The van der Waals surface area contributed by atoms with Crippen LogP contribution in [0.15, 0.2) is 18.2 Å². The Hall–Kier alpha value is -0.820. The van der Waals surface area contributed by atoms with E-state index < -0.39 is 0 Å². The van der Waals surface area contributed by atoms with Gasteiger partial charge in [-0.15, -0.1) is 0 Å². The van der Waals surface area contributed by atoms with Gasteiger partial charge in [-0.05, 0) is 60.6 Å². The van der Waals surface area contributed by atoms with E-state index >= 15 is 0 Å². The van der Waals surface area contributed by atoms with Gasteiger partial charge in [0.25, 0.3) is 5.91 Å². The highest BCUT2D eigenvalue weighted by molar-refractivity contribution is 14.1.